The van der Waals surface area contributed by atoms with E-state index >= 15 is 0 Å². The Morgan fingerprint density at radius 3 is 2.47 bits per heavy atom. The van der Waals surface area contributed by atoms with Gasteiger partial charge in [0.2, 0.25) is 5.91 Å². The summed E-state index contributed by atoms with van der Waals surface area (Å²) in [6.07, 6.45) is 1.99. The molecule has 0 radical (unpaired) electrons. The second kappa shape index (κ2) is 5.36. The molecule has 0 aromatic rings. The third-order valence-electron chi connectivity index (χ3n) is 3.31. The smallest absolute Gasteiger partial charge is 0.407 e. The van der Waals surface area contributed by atoms with E-state index in [1.165, 1.54) is 0 Å². The molecule has 2 amide bonds. The van der Waals surface area contributed by atoms with Gasteiger partial charge in [0.15, 0.2) is 0 Å². The highest BCUT2D eigenvalue weighted by Gasteiger charge is 2.34. The van der Waals surface area contributed by atoms with Gasteiger partial charge in [0, 0.05) is 31.1 Å². The number of carbonyl (C=O) groups is 2. The van der Waals surface area contributed by atoms with Crippen LogP contribution in [0, 0.1) is 0 Å². The van der Waals surface area contributed by atoms with Gasteiger partial charge in [0.1, 0.15) is 5.60 Å². The quantitative estimate of drug-likeness (QED) is 0.698. The maximum absolute atomic E-state index is 11.5. The molecule has 1 saturated heterocycles. The molecule has 2 fully saturated rings. The van der Waals surface area contributed by atoms with Gasteiger partial charge in [-0.1, -0.05) is 0 Å². The fourth-order valence-corrected chi connectivity index (χ4v) is 2.40. The van der Waals surface area contributed by atoms with E-state index in [4.69, 9.17) is 4.74 Å². The third kappa shape index (κ3) is 4.38. The Hall–Kier alpha value is -1.30. The van der Waals surface area contributed by atoms with E-state index in [0.717, 1.165) is 12.8 Å². The van der Waals surface area contributed by atoms with Gasteiger partial charge in [-0.2, -0.15) is 0 Å². The number of carbonyl (C=O) groups excluding carboxylic acids is 2. The minimum Gasteiger partial charge on any atom is -0.444 e. The number of amides is 2. The van der Waals surface area contributed by atoms with Crippen LogP contribution in [0.15, 0.2) is 0 Å². The molecule has 3 N–H and O–H groups in total. The van der Waals surface area contributed by atoms with Gasteiger partial charge in [0.25, 0.3) is 0 Å². The summed E-state index contributed by atoms with van der Waals surface area (Å²) >= 11 is 0. The normalized spacial score (nSPS) is 30.5. The van der Waals surface area contributed by atoms with Crippen LogP contribution in [-0.4, -0.2) is 42.3 Å². The van der Waals surface area contributed by atoms with Crippen LogP contribution in [-0.2, 0) is 9.53 Å². The molecule has 0 aromatic heterocycles. The molecule has 0 spiro atoms. The van der Waals surface area contributed by atoms with E-state index in [9.17, 15) is 9.59 Å². The molecular formula is C13H23N3O3. The molecule has 2 rings (SSSR count). The first-order valence-corrected chi connectivity index (χ1v) is 6.84. The van der Waals surface area contributed by atoms with Crippen molar-refractivity contribution in [3.05, 3.63) is 0 Å². The van der Waals surface area contributed by atoms with Crippen molar-refractivity contribution >= 4 is 12.0 Å². The Morgan fingerprint density at radius 2 is 1.95 bits per heavy atom. The SMILES string of the molecule is CC(C)(C)OC(=O)NC1CC(NC2CNC(=O)C2)C1. The summed E-state index contributed by atoms with van der Waals surface area (Å²) in [6, 6.07) is 0.801. The number of nitrogens with one attached hydrogen (secondary N) is 3. The maximum Gasteiger partial charge on any atom is 0.407 e. The average Bonchev–Trinajstić information content (AvgIpc) is 2.58. The van der Waals surface area contributed by atoms with Gasteiger partial charge in [-0.15, -0.1) is 0 Å². The number of hydrogen-bond acceptors (Lipinski definition) is 4. The largest absolute Gasteiger partial charge is 0.444 e. The predicted molar refractivity (Wildman–Crippen MR) is 70.7 cm³/mol. The highest BCUT2D eigenvalue weighted by molar-refractivity contribution is 5.78. The third-order valence-corrected chi connectivity index (χ3v) is 3.31. The lowest BCUT2D eigenvalue weighted by atomic mass is 9.86. The van der Waals surface area contributed by atoms with Crippen LogP contribution in [0.2, 0.25) is 0 Å². The van der Waals surface area contributed by atoms with Crippen molar-refractivity contribution < 1.29 is 14.3 Å². The molecule has 1 aliphatic carbocycles. The first-order valence-electron chi connectivity index (χ1n) is 6.84. The highest BCUT2D eigenvalue weighted by Crippen LogP contribution is 2.22. The van der Waals surface area contributed by atoms with Crippen LogP contribution in [0.5, 0.6) is 0 Å². The van der Waals surface area contributed by atoms with E-state index in [2.05, 4.69) is 16.0 Å². The zero-order valence-corrected chi connectivity index (χ0v) is 11.8. The average molecular weight is 269 g/mol. The van der Waals surface area contributed by atoms with Crippen LogP contribution < -0.4 is 16.0 Å². The fraction of sp³-hybridized carbons (Fsp3) is 0.846. The molecule has 6 heteroatoms. The van der Waals surface area contributed by atoms with Crippen molar-refractivity contribution in [2.45, 2.75) is 63.8 Å². The monoisotopic (exact) mass is 269 g/mol. The summed E-state index contributed by atoms with van der Waals surface area (Å²) in [5.74, 6) is 0.111. The zero-order chi connectivity index (χ0) is 14.0. The van der Waals surface area contributed by atoms with Gasteiger partial charge in [-0.05, 0) is 33.6 Å². The summed E-state index contributed by atoms with van der Waals surface area (Å²) in [6.45, 7) is 6.25. The lowest BCUT2D eigenvalue weighted by Crippen LogP contribution is -2.55. The fourth-order valence-electron chi connectivity index (χ4n) is 2.40. The molecule has 1 saturated carbocycles. The zero-order valence-electron chi connectivity index (χ0n) is 11.8. The van der Waals surface area contributed by atoms with Crippen molar-refractivity contribution in [2.24, 2.45) is 0 Å². The molecular weight excluding hydrogens is 246 g/mol. The second-order valence-electron chi connectivity index (χ2n) is 6.38. The van der Waals surface area contributed by atoms with Crippen molar-refractivity contribution in [3.63, 3.8) is 0 Å². The van der Waals surface area contributed by atoms with E-state index in [1.807, 2.05) is 20.8 Å². The Balaban J connectivity index is 1.61. The minimum atomic E-state index is -0.457. The summed E-state index contributed by atoms with van der Waals surface area (Å²) in [5.41, 5.74) is -0.457. The Bertz CT molecular complexity index is 359. The maximum atomic E-state index is 11.5. The number of hydrogen-bond donors (Lipinski definition) is 3. The van der Waals surface area contributed by atoms with Gasteiger partial charge in [-0.25, -0.2) is 4.79 Å². The summed E-state index contributed by atoms with van der Waals surface area (Å²) in [7, 11) is 0. The van der Waals surface area contributed by atoms with Crippen LogP contribution in [0.1, 0.15) is 40.0 Å². The van der Waals surface area contributed by atoms with Crippen LogP contribution in [0.25, 0.3) is 0 Å². The van der Waals surface area contributed by atoms with Crippen LogP contribution >= 0.6 is 0 Å². The van der Waals surface area contributed by atoms with E-state index in [-0.39, 0.29) is 24.1 Å². The Labute approximate surface area is 113 Å². The summed E-state index contributed by atoms with van der Waals surface area (Å²) < 4.78 is 5.20. The van der Waals surface area contributed by atoms with E-state index in [0.29, 0.717) is 19.0 Å². The molecule has 108 valence electrons. The van der Waals surface area contributed by atoms with Gasteiger partial charge < -0.3 is 20.7 Å². The Morgan fingerprint density at radius 1 is 1.26 bits per heavy atom. The van der Waals surface area contributed by atoms with Crippen molar-refractivity contribution in [3.8, 4) is 0 Å². The number of ether oxygens (including phenoxy) is 1. The predicted octanol–water partition coefficient (Wildman–Crippen LogP) is 0.520. The molecule has 1 heterocycles. The molecule has 19 heavy (non-hydrogen) atoms. The lowest BCUT2D eigenvalue weighted by molar-refractivity contribution is -0.119. The topological polar surface area (TPSA) is 79.5 Å². The van der Waals surface area contributed by atoms with E-state index in [1.54, 1.807) is 0 Å². The first kappa shape index (κ1) is 14.1. The van der Waals surface area contributed by atoms with Gasteiger partial charge in [0.05, 0.1) is 0 Å². The van der Waals surface area contributed by atoms with Crippen molar-refractivity contribution in [1.29, 1.82) is 0 Å². The number of alkyl carbamates (subject to hydrolysis) is 1. The standard InChI is InChI=1S/C13H23N3O3/c1-13(2,3)19-12(18)16-9-4-8(5-9)15-10-6-11(17)14-7-10/h8-10,15H,4-7H2,1-3H3,(H,14,17)(H,16,18). The Kier molecular flexibility index (Phi) is 3.99. The first-order chi connectivity index (χ1) is 8.82. The summed E-state index contributed by atoms with van der Waals surface area (Å²) in [4.78, 5) is 22.6. The molecule has 0 bridgehead atoms. The van der Waals surface area contributed by atoms with Crippen molar-refractivity contribution in [1.82, 2.24) is 16.0 Å². The molecule has 1 atom stereocenters. The highest BCUT2D eigenvalue weighted by atomic mass is 16.6. The molecule has 0 aromatic carbocycles. The minimum absolute atomic E-state index is 0.111. The van der Waals surface area contributed by atoms with Gasteiger partial charge in [-0.3, -0.25) is 4.79 Å². The van der Waals surface area contributed by atoms with Crippen LogP contribution in [0.3, 0.4) is 0 Å². The molecule has 6 nitrogen and oxygen atoms in total. The second-order valence-corrected chi connectivity index (χ2v) is 6.38. The molecule has 1 aliphatic heterocycles. The molecule has 1 unspecified atom stereocenters. The van der Waals surface area contributed by atoms with Crippen LogP contribution in [0.4, 0.5) is 4.79 Å². The number of rotatable bonds is 3. The van der Waals surface area contributed by atoms with Crippen molar-refractivity contribution in [2.75, 3.05) is 6.54 Å². The summed E-state index contributed by atoms with van der Waals surface area (Å²) in [5, 5.41) is 9.08. The molecule has 2 aliphatic rings. The van der Waals surface area contributed by atoms with E-state index < -0.39 is 5.60 Å². The van der Waals surface area contributed by atoms with Gasteiger partial charge >= 0.3 is 6.09 Å². The lowest BCUT2D eigenvalue weighted by Gasteiger charge is -2.38.